The molecule has 1 aromatic heterocycles. The van der Waals surface area contributed by atoms with E-state index in [4.69, 9.17) is 5.26 Å². The molecule has 0 spiro atoms. The second-order valence-corrected chi connectivity index (χ2v) is 4.10. The van der Waals surface area contributed by atoms with E-state index in [2.05, 4.69) is 11.1 Å². The van der Waals surface area contributed by atoms with Crippen LogP contribution in [0.5, 0.6) is 0 Å². The number of ketones is 1. The van der Waals surface area contributed by atoms with Gasteiger partial charge in [-0.1, -0.05) is 32.0 Å². The van der Waals surface area contributed by atoms with Gasteiger partial charge in [0, 0.05) is 16.8 Å². The maximum atomic E-state index is 11.4. The van der Waals surface area contributed by atoms with Crippen LogP contribution < -0.4 is 0 Å². The van der Waals surface area contributed by atoms with Crippen molar-refractivity contribution >= 4 is 5.78 Å². The van der Waals surface area contributed by atoms with Crippen LogP contribution >= 0.6 is 0 Å². The predicted molar refractivity (Wildman–Crippen MR) is 80.5 cm³/mol. The highest BCUT2D eigenvalue weighted by molar-refractivity contribution is 5.95. The third-order valence-electron chi connectivity index (χ3n) is 2.68. The summed E-state index contributed by atoms with van der Waals surface area (Å²) in [5.41, 5.74) is 3.37. The molecule has 0 saturated carbocycles. The molecule has 0 atom stereocenters. The molecule has 0 bridgehead atoms. The molecule has 0 aliphatic carbocycles. The monoisotopic (exact) mass is 266 g/mol. The Bertz CT molecular complexity index is 654. The third kappa shape index (κ3) is 3.52. The maximum absolute atomic E-state index is 11.4. The highest BCUT2D eigenvalue weighted by Crippen LogP contribution is 2.23. The molecule has 1 heterocycles. The van der Waals surface area contributed by atoms with Gasteiger partial charge < -0.3 is 0 Å². The molecular formula is C17H18N2O. The first-order valence-corrected chi connectivity index (χ1v) is 6.61. The van der Waals surface area contributed by atoms with Crippen molar-refractivity contribution < 1.29 is 4.79 Å². The van der Waals surface area contributed by atoms with Crippen molar-refractivity contribution in [3.63, 3.8) is 0 Å². The molecule has 2 rings (SSSR count). The van der Waals surface area contributed by atoms with Crippen LogP contribution in [0.25, 0.3) is 11.3 Å². The number of aryl methyl sites for hydroxylation is 1. The van der Waals surface area contributed by atoms with E-state index >= 15 is 0 Å². The Labute approximate surface area is 119 Å². The molecule has 3 nitrogen and oxygen atoms in total. The zero-order valence-electron chi connectivity index (χ0n) is 12.3. The van der Waals surface area contributed by atoms with Crippen LogP contribution in [-0.4, -0.2) is 10.8 Å². The predicted octanol–water partition coefficient (Wildman–Crippen LogP) is 4.16. The Balaban J connectivity index is 0.000000956. The molecule has 0 aliphatic rings. The van der Waals surface area contributed by atoms with Gasteiger partial charge >= 0.3 is 0 Å². The van der Waals surface area contributed by atoms with E-state index in [1.165, 1.54) is 6.92 Å². The fourth-order valence-electron chi connectivity index (χ4n) is 1.81. The standard InChI is InChI=1S/C15H12N2O.C2H6/c1-10-7-13(11(2)18)8-15(17-10)14-6-4-3-5-12(14)9-16;1-2/h3-8H,1-2H3;1-2H3. The van der Waals surface area contributed by atoms with Crippen LogP contribution in [-0.2, 0) is 0 Å². The topological polar surface area (TPSA) is 53.8 Å². The number of rotatable bonds is 2. The number of aromatic nitrogens is 1. The van der Waals surface area contributed by atoms with Gasteiger partial charge in [0.2, 0.25) is 0 Å². The average molecular weight is 266 g/mol. The summed E-state index contributed by atoms with van der Waals surface area (Å²) in [4.78, 5) is 15.8. The smallest absolute Gasteiger partial charge is 0.159 e. The number of hydrogen-bond acceptors (Lipinski definition) is 3. The lowest BCUT2D eigenvalue weighted by molar-refractivity contribution is 0.101. The van der Waals surface area contributed by atoms with Gasteiger partial charge in [-0.15, -0.1) is 0 Å². The average Bonchev–Trinajstić information content (AvgIpc) is 2.48. The summed E-state index contributed by atoms with van der Waals surface area (Å²) in [6.45, 7) is 7.36. The summed E-state index contributed by atoms with van der Waals surface area (Å²) < 4.78 is 0. The fourth-order valence-corrected chi connectivity index (χ4v) is 1.81. The van der Waals surface area contributed by atoms with Crippen LogP contribution in [0.1, 0.15) is 42.4 Å². The number of hydrogen-bond donors (Lipinski definition) is 0. The molecule has 3 heteroatoms. The quantitative estimate of drug-likeness (QED) is 0.767. The summed E-state index contributed by atoms with van der Waals surface area (Å²) in [6, 6.07) is 12.9. The van der Waals surface area contributed by atoms with Crippen LogP contribution in [0, 0.1) is 18.3 Å². The molecule has 102 valence electrons. The molecule has 0 N–H and O–H groups in total. The lowest BCUT2D eigenvalue weighted by Crippen LogP contribution is -1.97. The van der Waals surface area contributed by atoms with E-state index in [0.717, 1.165) is 11.3 Å². The number of nitriles is 1. The Morgan fingerprint density at radius 3 is 2.45 bits per heavy atom. The zero-order valence-corrected chi connectivity index (χ0v) is 12.3. The summed E-state index contributed by atoms with van der Waals surface area (Å²) in [7, 11) is 0. The molecule has 2 aromatic rings. The maximum Gasteiger partial charge on any atom is 0.159 e. The molecule has 0 radical (unpaired) electrons. The molecule has 0 amide bonds. The summed E-state index contributed by atoms with van der Waals surface area (Å²) in [5.74, 6) is -0.00353. The van der Waals surface area contributed by atoms with Crippen molar-refractivity contribution in [2.24, 2.45) is 0 Å². The van der Waals surface area contributed by atoms with Crippen LogP contribution in [0.2, 0.25) is 0 Å². The third-order valence-corrected chi connectivity index (χ3v) is 2.68. The van der Waals surface area contributed by atoms with Crippen LogP contribution in [0.3, 0.4) is 0 Å². The van der Waals surface area contributed by atoms with Gasteiger partial charge in [0.15, 0.2) is 5.78 Å². The van der Waals surface area contributed by atoms with Gasteiger partial charge in [-0.2, -0.15) is 5.26 Å². The minimum Gasteiger partial charge on any atom is -0.295 e. The van der Waals surface area contributed by atoms with E-state index in [9.17, 15) is 4.79 Å². The van der Waals surface area contributed by atoms with Crippen molar-refractivity contribution in [2.45, 2.75) is 27.7 Å². The lowest BCUT2D eigenvalue weighted by Gasteiger charge is -2.06. The molecule has 0 aliphatic heterocycles. The number of benzene rings is 1. The van der Waals surface area contributed by atoms with E-state index < -0.39 is 0 Å². The molecular weight excluding hydrogens is 248 g/mol. The number of carbonyl (C=O) groups is 1. The highest BCUT2D eigenvalue weighted by Gasteiger charge is 2.09. The van der Waals surface area contributed by atoms with Crippen molar-refractivity contribution in [1.82, 2.24) is 4.98 Å². The van der Waals surface area contributed by atoms with Gasteiger partial charge in [0.05, 0.1) is 17.3 Å². The first-order valence-electron chi connectivity index (χ1n) is 6.61. The Kier molecular flexibility index (Phi) is 5.61. The van der Waals surface area contributed by atoms with E-state index in [0.29, 0.717) is 16.8 Å². The van der Waals surface area contributed by atoms with Crippen molar-refractivity contribution in [3.8, 4) is 17.3 Å². The van der Waals surface area contributed by atoms with E-state index in [1.54, 1.807) is 18.2 Å². The largest absolute Gasteiger partial charge is 0.295 e. The van der Waals surface area contributed by atoms with Crippen molar-refractivity contribution in [3.05, 3.63) is 53.2 Å². The van der Waals surface area contributed by atoms with Gasteiger partial charge in [0.1, 0.15) is 0 Å². The Hall–Kier alpha value is -2.47. The molecule has 0 saturated heterocycles. The zero-order chi connectivity index (χ0) is 15.1. The lowest BCUT2D eigenvalue weighted by atomic mass is 10.0. The molecule has 1 aromatic carbocycles. The van der Waals surface area contributed by atoms with Crippen LogP contribution in [0.4, 0.5) is 0 Å². The number of pyridine rings is 1. The first-order chi connectivity index (χ1) is 9.61. The minimum atomic E-state index is -0.00353. The number of carbonyl (C=O) groups excluding carboxylic acids is 1. The normalized spacial score (nSPS) is 9.15. The Morgan fingerprint density at radius 2 is 1.85 bits per heavy atom. The van der Waals surface area contributed by atoms with Crippen molar-refractivity contribution in [2.75, 3.05) is 0 Å². The minimum absolute atomic E-state index is 0.00353. The first kappa shape index (κ1) is 15.6. The van der Waals surface area contributed by atoms with Crippen molar-refractivity contribution in [1.29, 1.82) is 5.26 Å². The van der Waals surface area contributed by atoms with Gasteiger partial charge in [-0.05, 0) is 32.0 Å². The molecule has 0 unspecified atom stereocenters. The molecule has 0 fully saturated rings. The van der Waals surface area contributed by atoms with E-state index in [1.807, 2.05) is 39.0 Å². The highest BCUT2D eigenvalue weighted by atomic mass is 16.1. The number of nitrogens with zero attached hydrogens (tertiary/aromatic N) is 2. The van der Waals surface area contributed by atoms with E-state index in [-0.39, 0.29) is 5.78 Å². The second-order valence-electron chi connectivity index (χ2n) is 4.10. The number of Topliss-reactive ketones (excluding diaryl/α,β-unsaturated/α-hetero) is 1. The second kappa shape index (κ2) is 7.20. The summed E-state index contributed by atoms with van der Waals surface area (Å²) in [6.07, 6.45) is 0. The fraction of sp³-hybridized carbons (Fsp3) is 0.235. The summed E-state index contributed by atoms with van der Waals surface area (Å²) in [5, 5.41) is 9.08. The SMILES string of the molecule is CC.CC(=O)c1cc(C)nc(-c2ccccc2C#N)c1. The molecule has 20 heavy (non-hydrogen) atoms. The summed E-state index contributed by atoms with van der Waals surface area (Å²) >= 11 is 0. The van der Waals surface area contributed by atoms with Gasteiger partial charge in [-0.25, -0.2) is 0 Å². The van der Waals surface area contributed by atoms with Gasteiger partial charge in [-0.3, -0.25) is 9.78 Å². The van der Waals surface area contributed by atoms with Crippen LogP contribution in [0.15, 0.2) is 36.4 Å². The van der Waals surface area contributed by atoms with Gasteiger partial charge in [0.25, 0.3) is 0 Å². The Morgan fingerprint density at radius 1 is 1.20 bits per heavy atom.